The minimum absolute atomic E-state index is 1.10. The quantitative estimate of drug-likeness (QED) is 0.110. The Hall–Kier alpha value is -7.89. The van der Waals surface area contributed by atoms with Gasteiger partial charge in [0, 0.05) is 51.7 Å². The van der Waals surface area contributed by atoms with Crippen LogP contribution in [0.4, 0.5) is 0 Å². The number of nitrogens with zero attached hydrogens (tertiary/aromatic N) is 1. The fraction of sp³-hybridized carbons (Fsp3) is 0. The highest BCUT2D eigenvalue weighted by molar-refractivity contribution is 9.11. The molecule has 0 fully saturated rings. The van der Waals surface area contributed by atoms with Gasteiger partial charge in [-0.2, -0.15) is 0 Å². The highest BCUT2D eigenvalue weighted by Gasteiger charge is 2.43. The Bertz CT molecular complexity index is 4140. The van der Waals surface area contributed by atoms with Crippen molar-refractivity contribution in [2.75, 3.05) is 0 Å². The summed E-state index contributed by atoms with van der Waals surface area (Å²) in [5.41, 5.74) is 6.06. The first-order valence-electron chi connectivity index (χ1n) is 26.5. The average molecular weight is 1240 g/mol. The summed E-state index contributed by atoms with van der Waals surface area (Å²) in [5.74, 6) is 0. The molecule has 14 rings (SSSR count). The van der Waals surface area contributed by atoms with E-state index in [1.54, 1.807) is 0 Å². The minimum Gasteiger partial charge on any atom is -0.355 e. The number of hydrogen-bond acceptors (Lipinski definition) is 0. The van der Waals surface area contributed by atoms with Gasteiger partial charge < -0.3 is 9.55 Å². The number of halogens is 3. The van der Waals surface area contributed by atoms with E-state index in [1.807, 2.05) is 0 Å². The molecule has 79 heavy (non-hydrogen) atoms. The van der Waals surface area contributed by atoms with Gasteiger partial charge in [0.2, 0.25) is 0 Å². The van der Waals surface area contributed by atoms with Gasteiger partial charge in [-0.05, 0) is 114 Å². The first-order chi connectivity index (χ1) is 38.9. The Morgan fingerprint density at radius 2 is 0.519 bits per heavy atom. The zero-order valence-electron chi connectivity index (χ0n) is 43.1. The van der Waals surface area contributed by atoms with E-state index in [1.165, 1.54) is 90.8 Å². The van der Waals surface area contributed by atoms with Gasteiger partial charge in [0.05, 0.1) is 11.0 Å². The van der Waals surface area contributed by atoms with Gasteiger partial charge in [-0.25, -0.2) is 0 Å². The number of benzene rings is 12. The van der Waals surface area contributed by atoms with Gasteiger partial charge >= 0.3 is 0 Å². The van der Waals surface area contributed by atoms with Crippen LogP contribution in [0.25, 0.3) is 49.3 Å². The fourth-order valence-electron chi connectivity index (χ4n) is 11.8. The van der Waals surface area contributed by atoms with Gasteiger partial charge in [0.25, 0.3) is 0 Å². The van der Waals surface area contributed by atoms with E-state index >= 15 is 0 Å². The standard InChI is InChI=1S/C36H26BrNSi.C24H18Br2Si.C12H9N/c37-27-13-11-19-31(25-27)39(29-15-3-1-4-16-29,30-17-5-2-6-18-30)32-20-12-14-28(26-32)38-35-23-9-7-21-33(35)34-22-8-10-24-36(34)38;25-19-9-7-15-23(17-19)27(21-11-3-1-4-12-21,22-13-5-2-6-14-22)24-16-8-10-20(26)18-24;1-3-7-11-9(5-1)10-6-2-4-8-12(10)13-11/h1-26H;1-18H;1-8,13H. The maximum Gasteiger partial charge on any atom is 0.179 e. The van der Waals surface area contributed by atoms with E-state index in [9.17, 15) is 0 Å². The van der Waals surface area contributed by atoms with Crippen molar-refractivity contribution in [2.45, 2.75) is 0 Å². The van der Waals surface area contributed by atoms with E-state index in [-0.39, 0.29) is 0 Å². The summed E-state index contributed by atoms with van der Waals surface area (Å²) in [4.78, 5) is 3.38. The normalized spacial score (nSPS) is 11.5. The maximum atomic E-state index is 3.79. The number of aromatic amines is 1. The first kappa shape index (κ1) is 51.8. The molecule has 0 amide bonds. The number of rotatable bonds is 9. The van der Waals surface area contributed by atoms with Crippen molar-refractivity contribution >= 4 is 149 Å². The van der Waals surface area contributed by atoms with Crippen LogP contribution in [0.5, 0.6) is 0 Å². The van der Waals surface area contributed by atoms with E-state index in [4.69, 9.17) is 0 Å². The molecule has 1 N–H and O–H groups in total. The van der Waals surface area contributed by atoms with Crippen LogP contribution in [0.3, 0.4) is 0 Å². The molecule has 0 saturated heterocycles. The molecular formula is C72H53Br3N2Si2. The Labute approximate surface area is 489 Å². The van der Waals surface area contributed by atoms with Crippen molar-refractivity contribution in [1.29, 1.82) is 0 Å². The van der Waals surface area contributed by atoms with Gasteiger partial charge in [0.1, 0.15) is 0 Å². The maximum absolute atomic E-state index is 3.79. The SMILES string of the molecule is Brc1cccc([Si](c2ccccc2)(c2ccccc2)c2cccc(-n3c4ccccc4c4ccccc43)c2)c1.Brc1cccc([Si](c2ccccc2)(c2ccccc2)c2cccc(Br)c2)c1.c1ccc2c(c1)[nH]c1ccccc12. The lowest BCUT2D eigenvalue weighted by atomic mass is 10.2. The Balaban J connectivity index is 0.000000134. The van der Waals surface area contributed by atoms with Crippen LogP contribution < -0.4 is 41.5 Å². The number of aromatic nitrogens is 2. The number of H-pyrrole nitrogens is 1. The number of nitrogens with one attached hydrogen (secondary N) is 1. The molecule has 0 aliphatic carbocycles. The third-order valence-corrected chi connectivity index (χ3v) is 26.1. The lowest BCUT2D eigenvalue weighted by molar-refractivity contribution is 1.18. The second-order valence-corrected chi connectivity index (χ2v) is 30.0. The second kappa shape index (κ2) is 23.2. The topological polar surface area (TPSA) is 20.7 Å². The van der Waals surface area contributed by atoms with Gasteiger partial charge in [-0.1, -0.05) is 290 Å². The van der Waals surface area contributed by atoms with Crippen LogP contribution in [0.15, 0.2) is 329 Å². The molecule has 2 aromatic heterocycles. The molecular weight excluding hydrogens is 1190 g/mol. The van der Waals surface area contributed by atoms with Crippen molar-refractivity contribution in [2.24, 2.45) is 0 Å². The van der Waals surface area contributed by atoms with Crippen molar-refractivity contribution in [3.05, 3.63) is 329 Å². The first-order valence-corrected chi connectivity index (χ1v) is 32.9. The summed E-state index contributed by atoms with van der Waals surface area (Å²) in [6.07, 6.45) is 0. The van der Waals surface area contributed by atoms with Crippen molar-refractivity contribution in [1.82, 2.24) is 9.55 Å². The molecule has 14 aromatic rings. The highest BCUT2D eigenvalue weighted by atomic mass is 79.9. The smallest absolute Gasteiger partial charge is 0.179 e. The highest BCUT2D eigenvalue weighted by Crippen LogP contribution is 2.32. The number of fused-ring (bicyclic) bond motifs is 6. The molecule has 0 saturated carbocycles. The van der Waals surface area contributed by atoms with Crippen LogP contribution in [-0.4, -0.2) is 25.7 Å². The summed E-state index contributed by atoms with van der Waals surface area (Å²) in [7, 11) is -5.08. The van der Waals surface area contributed by atoms with Gasteiger partial charge in [0.15, 0.2) is 16.1 Å². The van der Waals surface area contributed by atoms with E-state index in [2.05, 4.69) is 373 Å². The van der Waals surface area contributed by atoms with Crippen LogP contribution >= 0.6 is 47.8 Å². The van der Waals surface area contributed by atoms with Crippen LogP contribution in [0, 0.1) is 0 Å². The molecule has 380 valence electrons. The summed E-state index contributed by atoms with van der Waals surface area (Å²) in [5, 5.41) is 16.1. The molecule has 0 aliphatic heterocycles. The molecule has 7 heteroatoms. The van der Waals surface area contributed by atoms with E-state index in [0.717, 1.165) is 13.4 Å². The van der Waals surface area contributed by atoms with Crippen molar-refractivity contribution in [3.63, 3.8) is 0 Å². The molecule has 0 atom stereocenters. The molecule has 0 spiro atoms. The second-order valence-electron chi connectivity index (χ2n) is 19.6. The van der Waals surface area contributed by atoms with Crippen LogP contribution in [0.1, 0.15) is 0 Å². The Morgan fingerprint density at radius 3 is 0.873 bits per heavy atom. The summed E-state index contributed by atoms with van der Waals surface area (Å²) < 4.78 is 5.74. The summed E-state index contributed by atoms with van der Waals surface area (Å²) in [6, 6.07) is 114. The molecule has 0 bridgehead atoms. The molecule has 12 aromatic carbocycles. The van der Waals surface area contributed by atoms with Gasteiger partial charge in [-0.3, -0.25) is 0 Å². The Morgan fingerprint density at radius 1 is 0.241 bits per heavy atom. The van der Waals surface area contributed by atoms with Crippen LogP contribution in [0.2, 0.25) is 0 Å². The molecule has 2 nitrogen and oxygen atoms in total. The zero-order valence-corrected chi connectivity index (χ0v) is 49.9. The lowest BCUT2D eigenvalue weighted by Crippen LogP contribution is -2.74. The number of para-hydroxylation sites is 4. The van der Waals surface area contributed by atoms with Crippen molar-refractivity contribution in [3.8, 4) is 5.69 Å². The van der Waals surface area contributed by atoms with Gasteiger partial charge in [-0.15, -0.1) is 0 Å². The molecule has 2 heterocycles. The molecule has 0 aliphatic rings. The molecule has 0 unspecified atom stereocenters. The predicted molar refractivity (Wildman–Crippen MR) is 353 cm³/mol. The molecule has 0 radical (unpaired) electrons. The third kappa shape index (κ3) is 10.0. The summed E-state index contributed by atoms with van der Waals surface area (Å²) >= 11 is 11.2. The predicted octanol–water partition coefficient (Wildman–Crippen LogP) is 14.8. The fourth-order valence-corrected chi connectivity index (χ4v) is 23.3. The minimum atomic E-state index is -2.65. The number of hydrogen-bond donors (Lipinski definition) is 1. The van der Waals surface area contributed by atoms with E-state index in [0.29, 0.717) is 0 Å². The summed E-state index contributed by atoms with van der Waals surface area (Å²) in [6.45, 7) is 0. The van der Waals surface area contributed by atoms with Crippen LogP contribution in [-0.2, 0) is 0 Å². The lowest BCUT2D eigenvalue weighted by Gasteiger charge is -2.35. The third-order valence-electron chi connectivity index (χ3n) is 15.1. The average Bonchev–Trinajstić information content (AvgIpc) is 4.10. The van der Waals surface area contributed by atoms with E-state index < -0.39 is 16.1 Å². The Kier molecular flexibility index (Phi) is 15.2. The monoisotopic (exact) mass is 1240 g/mol. The largest absolute Gasteiger partial charge is 0.355 e. The zero-order chi connectivity index (χ0) is 53.6. The van der Waals surface area contributed by atoms with Crippen molar-refractivity contribution < 1.29 is 0 Å².